The van der Waals surface area contributed by atoms with Crippen molar-refractivity contribution in [2.45, 2.75) is 39.3 Å². The zero-order chi connectivity index (χ0) is 20.9. The molecule has 0 radical (unpaired) electrons. The van der Waals surface area contributed by atoms with E-state index in [1.165, 1.54) is 0 Å². The fourth-order valence-corrected chi connectivity index (χ4v) is 3.11. The van der Waals surface area contributed by atoms with Crippen LogP contribution in [0.15, 0.2) is 0 Å². The van der Waals surface area contributed by atoms with E-state index in [0.717, 1.165) is 11.3 Å². The first kappa shape index (κ1) is 22.2. The molecule has 1 aromatic heterocycles. The van der Waals surface area contributed by atoms with Crippen LogP contribution in [0.2, 0.25) is 0 Å². The predicted octanol–water partition coefficient (Wildman–Crippen LogP) is 1.45. The maximum atomic E-state index is 13.2. The fraction of sp³-hybridized carbons (Fsp3) is 0.737. The van der Waals surface area contributed by atoms with Crippen molar-refractivity contribution in [2.24, 2.45) is 7.05 Å². The molecular weight excluding hydrogens is 364 g/mol. The molecule has 1 aromatic rings. The molecule has 0 aliphatic carbocycles. The summed E-state index contributed by atoms with van der Waals surface area (Å²) in [5.41, 5.74) is 1.56. The second-order valence-electron chi connectivity index (χ2n) is 7.83. The number of methoxy groups -OCH3 is 2. The van der Waals surface area contributed by atoms with Crippen LogP contribution in [-0.2, 0) is 34.2 Å². The minimum atomic E-state index is -0.567. The Hall–Kier alpha value is -2.13. The first-order valence-corrected chi connectivity index (χ1v) is 9.47. The molecule has 158 valence electrons. The number of rotatable bonds is 7. The van der Waals surface area contributed by atoms with Gasteiger partial charge >= 0.3 is 6.09 Å². The second-order valence-corrected chi connectivity index (χ2v) is 7.83. The normalized spacial score (nSPS) is 14.0. The highest BCUT2D eigenvalue weighted by Gasteiger charge is 2.32. The van der Waals surface area contributed by atoms with Gasteiger partial charge in [-0.1, -0.05) is 0 Å². The molecule has 0 bridgehead atoms. The topological polar surface area (TPSA) is 86.1 Å². The molecule has 0 atom stereocenters. The summed E-state index contributed by atoms with van der Waals surface area (Å²) in [5, 5.41) is 4.46. The average Bonchev–Trinajstić information content (AvgIpc) is 2.96. The highest BCUT2D eigenvalue weighted by Crippen LogP contribution is 2.24. The second kappa shape index (κ2) is 9.38. The van der Waals surface area contributed by atoms with E-state index in [0.29, 0.717) is 51.5 Å². The van der Waals surface area contributed by atoms with Crippen LogP contribution in [0.5, 0.6) is 0 Å². The number of ether oxygens (including phenoxy) is 3. The number of aryl methyl sites for hydroxylation is 1. The predicted molar refractivity (Wildman–Crippen MR) is 103 cm³/mol. The number of amides is 2. The van der Waals surface area contributed by atoms with Gasteiger partial charge < -0.3 is 24.0 Å². The van der Waals surface area contributed by atoms with Crippen molar-refractivity contribution < 1.29 is 23.8 Å². The lowest BCUT2D eigenvalue weighted by Crippen LogP contribution is -2.41. The van der Waals surface area contributed by atoms with Crippen LogP contribution in [0, 0.1) is 0 Å². The molecule has 0 aromatic carbocycles. The number of carbonyl (C=O) groups is 2. The molecule has 28 heavy (non-hydrogen) atoms. The summed E-state index contributed by atoms with van der Waals surface area (Å²) in [4.78, 5) is 28.9. The summed E-state index contributed by atoms with van der Waals surface area (Å²) in [6, 6.07) is 0. The van der Waals surface area contributed by atoms with Gasteiger partial charge in [0.1, 0.15) is 5.60 Å². The van der Waals surface area contributed by atoms with E-state index in [1.54, 1.807) is 28.7 Å². The molecule has 0 unspecified atom stereocenters. The molecule has 0 N–H and O–H groups in total. The van der Waals surface area contributed by atoms with Crippen molar-refractivity contribution in [3.05, 3.63) is 17.0 Å². The highest BCUT2D eigenvalue weighted by atomic mass is 16.6. The van der Waals surface area contributed by atoms with Crippen LogP contribution in [-0.4, -0.2) is 84.2 Å². The van der Waals surface area contributed by atoms with Gasteiger partial charge in [0, 0.05) is 58.6 Å². The van der Waals surface area contributed by atoms with Gasteiger partial charge in [-0.05, 0) is 20.8 Å². The van der Waals surface area contributed by atoms with E-state index >= 15 is 0 Å². The molecule has 1 aliphatic heterocycles. The minimum Gasteiger partial charge on any atom is -0.444 e. The van der Waals surface area contributed by atoms with Crippen molar-refractivity contribution >= 4 is 12.0 Å². The number of nitrogens with zero attached hydrogens (tertiary/aromatic N) is 4. The number of aromatic nitrogens is 2. The molecule has 9 heteroatoms. The van der Waals surface area contributed by atoms with Gasteiger partial charge in [0.05, 0.1) is 19.8 Å². The largest absolute Gasteiger partial charge is 0.444 e. The molecule has 1 aliphatic rings. The summed E-state index contributed by atoms with van der Waals surface area (Å²) in [6.07, 6.45) is 0.248. The Kier molecular flexibility index (Phi) is 7.42. The van der Waals surface area contributed by atoms with Crippen molar-refractivity contribution in [2.75, 3.05) is 47.1 Å². The Labute approximate surface area is 166 Å². The number of hydrogen-bond donors (Lipinski definition) is 0. The van der Waals surface area contributed by atoms with Gasteiger partial charge in [0.25, 0.3) is 5.91 Å². The van der Waals surface area contributed by atoms with Gasteiger partial charge in [-0.15, -0.1) is 0 Å². The molecule has 2 heterocycles. The van der Waals surface area contributed by atoms with E-state index in [9.17, 15) is 9.59 Å². The summed E-state index contributed by atoms with van der Waals surface area (Å²) >= 11 is 0. The standard InChI is InChI=1S/C19H32N4O5/c1-19(2,3)28-18(25)23-8-7-15-14(13-23)16(20-21(15)4)17(24)22(9-11-26-5)10-12-27-6/h7-13H2,1-6H3. The number of carbonyl (C=O) groups excluding carboxylic acids is 2. The van der Waals surface area contributed by atoms with Crippen LogP contribution >= 0.6 is 0 Å². The first-order valence-electron chi connectivity index (χ1n) is 9.47. The third-order valence-electron chi connectivity index (χ3n) is 4.51. The quantitative estimate of drug-likeness (QED) is 0.693. The molecule has 0 spiro atoms. The maximum Gasteiger partial charge on any atom is 0.410 e. The SMILES string of the molecule is COCCN(CCOC)C(=O)c1nn(C)c2c1CN(C(=O)OC(C)(C)C)CC2. The molecule has 2 rings (SSSR count). The molecule has 2 amide bonds. The Morgan fingerprint density at radius 2 is 1.75 bits per heavy atom. The summed E-state index contributed by atoms with van der Waals surface area (Å²) in [6.45, 7) is 8.09. The van der Waals surface area contributed by atoms with Crippen LogP contribution < -0.4 is 0 Å². The van der Waals surface area contributed by atoms with E-state index in [-0.39, 0.29) is 12.0 Å². The van der Waals surface area contributed by atoms with E-state index in [1.807, 2.05) is 27.8 Å². The van der Waals surface area contributed by atoms with Gasteiger partial charge in [-0.3, -0.25) is 9.48 Å². The smallest absolute Gasteiger partial charge is 0.410 e. The highest BCUT2D eigenvalue weighted by molar-refractivity contribution is 5.94. The Bertz CT molecular complexity index is 687. The molecule has 0 fully saturated rings. The summed E-state index contributed by atoms with van der Waals surface area (Å²) in [7, 11) is 5.02. The third kappa shape index (κ3) is 5.45. The number of hydrogen-bond acceptors (Lipinski definition) is 6. The van der Waals surface area contributed by atoms with Crippen molar-refractivity contribution in [3.63, 3.8) is 0 Å². The van der Waals surface area contributed by atoms with E-state index in [4.69, 9.17) is 14.2 Å². The van der Waals surface area contributed by atoms with E-state index < -0.39 is 5.60 Å². The van der Waals surface area contributed by atoms with Gasteiger partial charge in [0.15, 0.2) is 5.69 Å². The Morgan fingerprint density at radius 1 is 1.14 bits per heavy atom. The van der Waals surface area contributed by atoms with Crippen LogP contribution in [0.25, 0.3) is 0 Å². The lowest BCUT2D eigenvalue weighted by Gasteiger charge is -2.30. The summed E-state index contributed by atoms with van der Waals surface area (Å²) in [5.74, 6) is -0.183. The monoisotopic (exact) mass is 396 g/mol. The molecule has 9 nitrogen and oxygen atoms in total. The van der Waals surface area contributed by atoms with Gasteiger partial charge in [0.2, 0.25) is 0 Å². The average molecular weight is 396 g/mol. The van der Waals surface area contributed by atoms with Crippen LogP contribution in [0.1, 0.15) is 42.5 Å². The van der Waals surface area contributed by atoms with Crippen molar-refractivity contribution in [1.29, 1.82) is 0 Å². The Balaban J connectivity index is 2.23. The minimum absolute atomic E-state index is 0.183. The third-order valence-corrected chi connectivity index (χ3v) is 4.51. The molecule has 0 saturated carbocycles. The lowest BCUT2D eigenvalue weighted by molar-refractivity contribution is 0.0221. The molecular formula is C19H32N4O5. The molecule has 0 saturated heterocycles. The Morgan fingerprint density at radius 3 is 2.29 bits per heavy atom. The fourth-order valence-electron chi connectivity index (χ4n) is 3.11. The van der Waals surface area contributed by atoms with Crippen molar-refractivity contribution in [3.8, 4) is 0 Å². The zero-order valence-corrected chi connectivity index (χ0v) is 17.8. The first-order chi connectivity index (χ1) is 13.2. The summed E-state index contributed by atoms with van der Waals surface area (Å²) < 4.78 is 17.5. The van der Waals surface area contributed by atoms with E-state index in [2.05, 4.69) is 5.10 Å². The van der Waals surface area contributed by atoms with Gasteiger partial charge in [-0.2, -0.15) is 5.10 Å². The van der Waals surface area contributed by atoms with Crippen molar-refractivity contribution in [1.82, 2.24) is 19.6 Å². The zero-order valence-electron chi connectivity index (χ0n) is 17.8. The van der Waals surface area contributed by atoms with Gasteiger partial charge in [-0.25, -0.2) is 4.79 Å². The number of fused-ring (bicyclic) bond motifs is 1. The van der Waals surface area contributed by atoms with Crippen LogP contribution in [0.4, 0.5) is 4.79 Å². The maximum absolute atomic E-state index is 13.2. The van der Waals surface area contributed by atoms with Crippen LogP contribution in [0.3, 0.4) is 0 Å². The lowest BCUT2D eigenvalue weighted by atomic mass is 10.0.